The van der Waals surface area contributed by atoms with Crippen molar-refractivity contribution in [3.63, 3.8) is 0 Å². The fraction of sp³-hybridized carbons (Fsp3) is 0. The smallest absolute Gasteiger partial charge is 0.0555 e. The van der Waals surface area contributed by atoms with E-state index in [9.17, 15) is 0 Å². The molecule has 0 saturated carbocycles. The lowest BCUT2D eigenvalue weighted by molar-refractivity contribution is 1.30. The Morgan fingerprint density at radius 2 is 0.776 bits per heavy atom. The van der Waals surface area contributed by atoms with Crippen molar-refractivity contribution in [2.75, 3.05) is 4.90 Å². The normalized spacial score (nSPS) is 11.4. The van der Waals surface area contributed by atoms with E-state index < -0.39 is 0 Å². The fourth-order valence-electron chi connectivity index (χ4n) is 8.78. The maximum Gasteiger partial charge on any atom is 0.0555 e. The second-order valence-electron chi connectivity index (χ2n) is 14.8. The summed E-state index contributed by atoms with van der Waals surface area (Å²) in [5.74, 6) is 0. The number of anilines is 3. The highest BCUT2D eigenvalue weighted by Crippen LogP contribution is 2.49. The average Bonchev–Trinajstić information content (AvgIpc) is 3.70. The monoisotopic (exact) mass is 755 g/mol. The summed E-state index contributed by atoms with van der Waals surface area (Å²) in [6.45, 7) is 0. The first-order chi connectivity index (χ1) is 28.8. The molecule has 0 saturated heterocycles. The largest absolute Gasteiger partial charge is 0.309 e. The minimum absolute atomic E-state index is 1.10. The van der Waals surface area contributed by atoms with E-state index in [4.69, 9.17) is 0 Å². The fourth-order valence-corrected chi connectivity index (χ4v) is 9.92. The van der Waals surface area contributed by atoms with Gasteiger partial charge in [0.05, 0.1) is 11.4 Å². The number of fused-ring (bicyclic) bond motifs is 6. The summed E-state index contributed by atoms with van der Waals surface area (Å²) < 4.78 is 2.57. The second kappa shape index (κ2) is 14.4. The highest BCUT2D eigenvalue weighted by molar-refractivity contribution is 7.26. The number of hydrogen-bond donors (Lipinski definition) is 0. The first-order valence-electron chi connectivity index (χ1n) is 19.8. The average molecular weight is 756 g/mol. The Morgan fingerprint density at radius 3 is 1.53 bits per heavy atom. The minimum atomic E-state index is 1.10. The summed E-state index contributed by atoms with van der Waals surface area (Å²) in [5, 5.41) is 7.63. The number of benzene rings is 10. The van der Waals surface area contributed by atoms with Crippen LogP contribution in [0.2, 0.25) is 0 Å². The summed E-state index contributed by atoms with van der Waals surface area (Å²) in [6.07, 6.45) is 0. The molecule has 1 aromatic heterocycles. The molecule has 11 rings (SSSR count). The predicted molar refractivity (Wildman–Crippen MR) is 251 cm³/mol. The van der Waals surface area contributed by atoms with Gasteiger partial charge < -0.3 is 4.90 Å². The van der Waals surface area contributed by atoms with Crippen LogP contribution in [0.5, 0.6) is 0 Å². The van der Waals surface area contributed by atoms with Gasteiger partial charge >= 0.3 is 0 Å². The molecule has 0 unspecified atom stereocenters. The van der Waals surface area contributed by atoms with Gasteiger partial charge in [0.2, 0.25) is 0 Å². The van der Waals surface area contributed by atoms with Crippen molar-refractivity contribution >= 4 is 70.1 Å². The van der Waals surface area contributed by atoms with E-state index in [1.54, 1.807) is 0 Å². The molecule has 272 valence electrons. The van der Waals surface area contributed by atoms with E-state index in [-0.39, 0.29) is 0 Å². The standard InChI is InChI=1S/C56H37NS/c1-3-14-38(15-4-1)39-28-30-42(31-29-39)46-21-9-10-25-50(46)57(51-26-13-27-52-56(51)55-49-22-8-7-18-41(49)34-37-53(55)58-52)45-35-32-43(33-36-45)48-24-12-20-44-19-11-23-47(54(44)48)40-16-5-2-6-17-40/h1-37H. The maximum absolute atomic E-state index is 2.49. The zero-order valence-electron chi connectivity index (χ0n) is 31.7. The van der Waals surface area contributed by atoms with E-state index in [1.807, 2.05) is 11.3 Å². The Bertz CT molecular complexity index is 3250. The number of hydrogen-bond acceptors (Lipinski definition) is 2. The Balaban J connectivity index is 1.12. The van der Waals surface area contributed by atoms with Crippen molar-refractivity contribution in [3.05, 3.63) is 224 Å². The Labute approximate surface area is 342 Å². The topological polar surface area (TPSA) is 3.24 Å². The number of rotatable bonds is 7. The van der Waals surface area contributed by atoms with E-state index in [2.05, 4.69) is 229 Å². The van der Waals surface area contributed by atoms with Gasteiger partial charge in [0.1, 0.15) is 0 Å². The van der Waals surface area contributed by atoms with Gasteiger partial charge in [-0.25, -0.2) is 0 Å². The summed E-state index contributed by atoms with van der Waals surface area (Å²) in [5.41, 5.74) is 13.1. The van der Waals surface area contributed by atoms with Crippen molar-refractivity contribution in [3.8, 4) is 44.5 Å². The van der Waals surface area contributed by atoms with Crippen LogP contribution < -0.4 is 4.90 Å². The first kappa shape index (κ1) is 34.0. The van der Waals surface area contributed by atoms with Crippen molar-refractivity contribution in [2.45, 2.75) is 0 Å². The minimum Gasteiger partial charge on any atom is -0.309 e. The third-order valence-corrected chi connectivity index (χ3v) is 12.6. The summed E-state index contributed by atoms with van der Waals surface area (Å²) in [6, 6.07) is 81.9. The molecule has 0 aliphatic heterocycles. The molecular formula is C56H37NS. The molecule has 0 fully saturated rings. The molecule has 0 atom stereocenters. The first-order valence-corrected chi connectivity index (χ1v) is 20.7. The summed E-state index contributed by atoms with van der Waals surface area (Å²) in [7, 11) is 0. The predicted octanol–water partition coefficient (Wildman–Crippen LogP) is 16.5. The quantitative estimate of drug-likeness (QED) is 0.157. The SMILES string of the molecule is c1ccc(-c2ccc(-c3ccccc3N(c3ccc(-c4cccc5cccc(-c6ccccc6)c45)cc3)c3cccc4sc5ccc6ccccc6c5c34)cc2)cc1. The van der Waals surface area contributed by atoms with Gasteiger partial charge in [-0.05, 0) is 96.9 Å². The zero-order valence-corrected chi connectivity index (χ0v) is 32.5. The van der Waals surface area contributed by atoms with Gasteiger partial charge in [-0.2, -0.15) is 0 Å². The van der Waals surface area contributed by atoms with Gasteiger partial charge in [0.25, 0.3) is 0 Å². The van der Waals surface area contributed by atoms with Gasteiger partial charge in [-0.3, -0.25) is 0 Å². The van der Waals surface area contributed by atoms with E-state index in [0.717, 1.165) is 17.1 Å². The lowest BCUT2D eigenvalue weighted by Crippen LogP contribution is -2.11. The van der Waals surface area contributed by atoms with Crippen LogP contribution in [0.1, 0.15) is 0 Å². The lowest BCUT2D eigenvalue weighted by atomic mass is 9.91. The molecule has 0 bridgehead atoms. The van der Waals surface area contributed by atoms with E-state index >= 15 is 0 Å². The Hall–Kier alpha value is -7.26. The van der Waals surface area contributed by atoms with Crippen LogP contribution in [-0.4, -0.2) is 0 Å². The van der Waals surface area contributed by atoms with Gasteiger partial charge in [0, 0.05) is 31.4 Å². The van der Waals surface area contributed by atoms with Crippen molar-refractivity contribution < 1.29 is 0 Å². The third kappa shape index (κ3) is 5.86. The van der Waals surface area contributed by atoms with Crippen LogP contribution in [-0.2, 0) is 0 Å². The third-order valence-electron chi connectivity index (χ3n) is 11.5. The molecule has 0 amide bonds. The van der Waals surface area contributed by atoms with Gasteiger partial charge in [-0.15, -0.1) is 11.3 Å². The maximum atomic E-state index is 2.49. The molecular weight excluding hydrogens is 719 g/mol. The molecule has 11 aromatic rings. The molecule has 2 heteroatoms. The van der Waals surface area contributed by atoms with Crippen LogP contribution in [0.3, 0.4) is 0 Å². The lowest BCUT2D eigenvalue weighted by Gasteiger charge is -2.29. The van der Waals surface area contributed by atoms with E-state index in [1.165, 1.54) is 86.2 Å². The van der Waals surface area contributed by atoms with Crippen LogP contribution in [0.15, 0.2) is 224 Å². The molecule has 0 aliphatic carbocycles. The molecule has 0 spiro atoms. The summed E-state index contributed by atoms with van der Waals surface area (Å²) in [4.78, 5) is 2.49. The van der Waals surface area contributed by atoms with Crippen LogP contribution in [0.4, 0.5) is 17.1 Å². The van der Waals surface area contributed by atoms with Crippen LogP contribution in [0.25, 0.3) is 86.2 Å². The number of nitrogens with zero attached hydrogens (tertiary/aromatic N) is 1. The molecule has 0 aliphatic rings. The summed E-state index contributed by atoms with van der Waals surface area (Å²) >= 11 is 1.87. The second-order valence-corrected chi connectivity index (χ2v) is 15.9. The molecule has 58 heavy (non-hydrogen) atoms. The highest BCUT2D eigenvalue weighted by atomic mass is 32.1. The molecule has 0 N–H and O–H groups in total. The van der Waals surface area contributed by atoms with Crippen molar-refractivity contribution in [1.29, 1.82) is 0 Å². The van der Waals surface area contributed by atoms with Crippen molar-refractivity contribution in [1.82, 2.24) is 0 Å². The number of thiophene rings is 1. The van der Waals surface area contributed by atoms with E-state index in [0.29, 0.717) is 0 Å². The van der Waals surface area contributed by atoms with Crippen molar-refractivity contribution in [2.24, 2.45) is 0 Å². The van der Waals surface area contributed by atoms with Gasteiger partial charge in [-0.1, -0.05) is 188 Å². The Morgan fingerprint density at radius 1 is 0.276 bits per heavy atom. The molecule has 0 radical (unpaired) electrons. The zero-order chi connectivity index (χ0) is 38.4. The van der Waals surface area contributed by atoms with Crippen LogP contribution >= 0.6 is 11.3 Å². The highest BCUT2D eigenvalue weighted by Gasteiger charge is 2.22. The molecule has 1 heterocycles. The molecule has 1 nitrogen and oxygen atoms in total. The Kier molecular flexibility index (Phi) is 8.42. The number of para-hydroxylation sites is 1. The molecule has 10 aromatic carbocycles. The van der Waals surface area contributed by atoms with Crippen LogP contribution in [0, 0.1) is 0 Å². The van der Waals surface area contributed by atoms with Gasteiger partial charge in [0.15, 0.2) is 0 Å².